The molecule has 0 aliphatic rings. The standard InChI is InChI=1S/C17H23N3/c1-13-7-8-15(10-14(13)2)17(11-18)20(3)12-16-6-4-5-9-19-16/h4-10,17H,11-12,18H2,1-3H3. The second-order valence-electron chi connectivity index (χ2n) is 5.33. The lowest BCUT2D eigenvalue weighted by molar-refractivity contribution is 0.239. The third-order valence-corrected chi connectivity index (χ3v) is 3.81. The smallest absolute Gasteiger partial charge is 0.0544 e. The van der Waals surface area contributed by atoms with Crippen LogP contribution < -0.4 is 5.73 Å². The van der Waals surface area contributed by atoms with Gasteiger partial charge in [-0.3, -0.25) is 9.88 Å². The first-order valence-corrected chi connectivity index (χ1v) is 6.99. The van der Waals surface area contributed by atoms with Crippen LogP contribution in [0.25, 0.3) is 0 Å². The van der Waals surface area contributed by atoms with Gasteiger partial charge in [-0.1, -0.05) is 24.3 Å². The Bertz CT molecular complexity index is 551. The molecule has 0 aliphatic carbocycles. The molecule has 0 amide bonds. The normalized spacial score (nSPS) is 12.7. The molecule has 0 radical (unpaired) electrons. The van der Waals surface area contributed by atoms with E-state index in [4.69, 9.17) is 5.73 Å². The van der Waals surface area contributed by atoms with Crippen molar-refractivity contribution in [2.24, 2.45) is 5.73 Å². The molecule has 1 aromatic heterocycles. The molecule has 1 heterocycles. The summed E-state index contributed by atoms with van der Waals surface area (Å²) in [6, 6.07) is 12.8. The fourth-order valence-electron chi connectivity index (χ4n) is 2.40. The fraction of sp³-hybridized carbons (Fsp3) is 0.353. The zero-order valence-electron chi connectivity index (χ0n) is 12.5. The number of rotatable bonds is 5. The monoisotopic (exact) mass is 269 g/mol. The molecule has 3 nitrogen and oxygen atoms in total. The number of aromatic nitrogens is 1. The van der Waals surface area contributed by atoms with E-state index in [-0.39, 0.29) is 6.04 Å². The van der Waals surface area contributed by atoms with Crippen molar-refractivity contribution in [3.8, 4) is 0 Å². The molecule has 1 aromatic carbocycles. The van der Waals surface area contributed by atoms with Gasteiger partial charge in [-0.2, -0.15) is 0 Å². The highest BCUT2D eigenvalue weighted by Crippen LogP contribution is 2.22. The topological polar surface area (TPSA) is 42.1 Å². The number of hydrogen-bond acceptors (Lipinski definition) is 3. The molecule has 1 atom stereocenters. The number of likely N-dealkylation sites (N-methyl/N-ethyl adjacent to an activating group) is 1. The number of benzene rings is 1. The van der Waals surface area contributed by atoms with Gasteiger partial charge in [0.15, 0.2) is 0 Å². The van der Waals surface area contributed by atoms with Gasteiger partial charge >= 0.3 is 0 Å². The van der Waals surface area contributed by atoms with Crippen molar-refractivity contribution in [3.63, 3.8) is 0 Å². The van der Waals surface area contributed by atoms with E-state index in [0.717, 1.165) is 12.2 Å². The Kier molecular flexibility index (Phi) is 4.88. The third-order valence-electron chi connectivity index (χ3n) is 3.81. The number of nitrogens with two attached hydrogens (primary N) is 1. The highest BCUT2D eigenvalue weighted by Gasteiger charge is 2.16. The Morgan fingerprint density at radius 2 is 1.95 bits per heavy atom. The van der Waals surface area contributed by atoms with Gasteiger partial charge in [0.2, 0.25) is 0 Å². The summed E-state index contributed by atoms with van der Waals surface area (Å²) in [5.74, 6) is 0. The van der Waals surface area contributed by atoms with Crippen molar-refractivity contribution in [1.82, 2.24) is 9.88 Å². The predicted molar refractivity (Wildman–Crippen MR) is 83.4 cm³/mol. The molecule has 20 heavy (non-hydrogen) atoms. The third kappa shape index (κ3) is 3.44. The molecule has 106 valence electrons. The number of pyridine rings is 1. The van der Waals surface area contributed by atoms with Crippen molar-refractivity contribution in [1.29, 1.82) is 0 Å². The van der Waals surface area contributed by atoms with Crippen molar-refractivity contribution in [2.45, 2.75) is 26.4 Å². The SMILES string of the molecule is Cc1ccc(C(CN)N(C)Cc2ccccn2)cc1C. The average molecular weight is 269 g/mol. The second kappa shape index (κ2) is 6.64. The lowest BCUT2D eigenvalue weighted by Gasteiger charge is -2.27. The Balaban J connectivity index is 2.16. The summed E-state index contributed by atoms with van der Waals surface area (Å²) in [5, 5.41) is 0. The zero-order valence-corrected chi connectivity index (χ0v) is 12.5. The van der Waals surface area contributed by atoms with Crippen molar-refractivity contribution in [3.05, 3.63) is 65.0 Å². The summed E-state index contributed by atoms with van der Waals surface area (Å²) in [6.07, 6.45) is 1.83. The van der Waals surface area contributed by atoms with Crippen LogP contribution in [-0.2, 0) is 6.54 Å². The van der Waals surface area contributed by atoms with Crippen molar-refractivity contribution < 1.29 is 0 Å². The van der Waals surface area contributed by atoms with Gasteiger partial charge < -0.3 is 5.73 Å². The Hall–Kier alpha value is -1.71. The van der Waals surface area contributed by atoms with Gasteiger partial charge in [-0.25, -0.2) is 0 Å². The van der Waals surface area contributed by atoms with Crippen LogP contribution in [-0.4, -0.2) is 23.5 Å². The van der Waals surface area contributed by atoms with Gasteiger partial charge in [-0.15, -0.1) is 0 Å². The minimum Gasteiger partial charge on any atom is -0.329 e. The summed E-state index contributed by atoms with van der Waals surface area (Å²) in [4.78, 5) is 6.63. The Morgan fingerprint density at radius 1 is 1.15 bits per heavy atom. The first-order valence-electron chi connectivity index (χ1n) is 6.99. The van der Waals surface area contributed by atoms with E-state index in [1.807, 2.05) is 24.4 Å². The molecule has 3 heteroatoms. The zero-order chi connectivity index (χ0) is 14.5. The van der Waals surface area contributed by atoms with E-state index in [1.54, 1.807) is 0 Å². The maximum atomic E-state index is 5.99. The van der Waals surface area contributed by atoms with Crippen LogP contribution in [0.5, 0.6) is 0 Å². The number of nitrogens with zero attached hydrogens (tertiary/aromatic N) is 2. The molecule has 2 N–H and O–H groups in total. The van der Waals surface area contributed by atoms with Gasteiger partial charge in [-0.05, 0) is 49.7 Å². The first-order chi connectivity index (χ1) is 9.61. The highest BCUT2D eigenvalue weighted by atomic mass is 15.1. The molecule has 2 aromatic rings. The Labute approximate surface area is 121 Å². The first kappa shape index (κ1) is 14.7. The van der Waals surface area contributed by atoms with Crippen LogP contribution in [0.4, 0.5) is 0 Å². The lowest BCUT2D eigenvalue weighted by atomic mass is 10.00. The average Bonchev–Trinajstić information content (AvgIpc) is 2.44. The quantitative estimate of drug-likeness (QED) is 0.907. The van der Waals surface area contributed by atoms with E-state index in [2.05, 4.69) is 49.0 Å². The van der Waals surface area contributed by atoms with E-state index in [9.17, 15) is 0 Å². The van der Waals surface area contributed by atoms with Crippen LogP contribution in [0.3, 0.4) is 0 Å². The number of hydrogen-bond donors (Lipinski definition) is 1. The van der Waals surface area contributed by atoms with E-state index in [1.165, 1.54) is 16.7 Å². The highest BCUT2D eigenvalue weighted by molar-refractivity contribution is 5.32. The van der Waals surface area contributed by atoms with Gasteiger partial charge in [0.05, 0.1) is 5.69 Å². The van der Waals surface area contributed by atoms with E-state index in [0.29, 0.717) is 6.54 Å². The molecule has 0 aliphatic heterocycles. The summed E-state index contributed by atoms with van der Waals surface area (Å²) in [6.45, 7) is 5.68. The maximum Gasteiger partial charge on any atom is 0.0544 e. The number of aryl methyl sites for hydroxylation is 2. The minimum atomic E-state index is 0.219. The van der Waals surface area contributed by atoms with E-state index >= 15 is 0 Å². The molecular formula is C17H23N3. The van der Waals surface area contributed by atoms with Crippen molar-refractivity contribution in [2.75, 3.05) is 13.6 Å². The van der Waals surface area contributed by atoms with E-state index < -0.39 is 0 Å². The maximum absolute atomic E-state index is 5.99. The molecule has 2 rings (SSSR count). The largest absolute Gasteiger partial charge is 0.329 e. The fourth-order valence-corrected chi connectivity index (χ4v) is 2.40. The van der Waals surface area contributed by atoms with Crippen molar-refractivity contribution >= 4 is 0 Å². The van der Waals surface area contributed by atoms with Crippen LogP contribution in [0.15, 0.2) is 42.6 Å². The molecular weight excluding hydrogens is 246 g/mol. The van der Waals surface area contributed by atoms with Gasteiger partial charge in [0, 0.05) is 25.3 Å². The lowest BCUT2D eigenvalue weighted by Crippen LogP contribution is -2.30. The molecule has 0 spiro atoms. The van der Waals surface area contributed by atoms with Gasteiger partial charge in [0.1, 0.15) is 0 Å². The predicted octanol–water partition coefficient (Wildman–Crippen LogP) is 2.83. The van der Waals surface area contributed by atoms with Crippen LogP contribution in [0, 0.1) is 13.8 Å². The second-order valence-corrected chi connectivity index (χ2v) is 5.33. The van der Waals surface area contributed by atoms with Crippen LogP contribution in [0.1, 0.15) is 28.4 Å². The summed E-state index contributed by atoms with van der Waals surface area (Å²) in [5.41, 5.74) is 11.0. The summed E-state index contributed by atoms with van der Waals surface area (Å²) >= 11 is 0. The molecule has 0 saturated heterocycles. The van der Waals surface area contributed by atoms with Gasteiger partial charge in [0.25, 0.3) is 0 Å². The molecule has 0 bridgehead atoms. The summed E-state index contributed by atoms with van der Waals surface area (Å²) < 4.78 is 0. The molecule has 0 saturated carbocycles. The Morgan fingerprint density at radius 3 is 2.55 bits per heavy atom. The van der Waals surface area contributed by atoms with Crippen LogP contribution >= 0.6 is 0 Å². The minimum absolute atomic E-state index is 0.219. The molecule has 0 fully saturated rings. The van der Waals surface area contributed by atoms with Crippen LogP contribution in [0.2, 0.25) is 0 Å². The summed E-state index contributed by atoms with van der Waals surface area (Å²) in [7, 11) is 2.10. The molecule has 1 unspecified atom stereocenters.